The molecule has 1 amide bonds. The van der Waals surface area contributed by atoms with Crippen molar-refractivity contribution in [3.63, 3.8) is 0 Å². The minimum absolute atomic E-state index is 0.00878. The molecular formula is C26H32ClN5O2S. The van der Waals surface area contributed by atoms with Crippen molar-refractivity contribution < 1.29 is 9.53 Å². The first-order valence-electron chi connectivity index (χ1n) is 11.8. The summed E-state index contributed by atoms with van der Waals surface area (Å²) in [5, 5.41) is 0.862. The number of rotatable bonds is 9. The van der Waals surface area contributed by atoms with Gasteiger partial charge < -0.3 is 19.1 Å². The number of benzene rings is 2. The lowest BCUT2D eigenvalue weighted by molar-refractivity contribution is 0.170. The molecule has 3 aromatic rings. The second-order valence-corrected chi connectivity index (χ2v) is 10.5. The first-order valence-corrected chi connectivity index (χ1v) is 13.0. The molecule has 0 aliphatic carbocycles. The van der Waals surface area contributed by atoms with Crippen LogP contribution in [0, 0.1) is 0 Å². The van der Waals surface area contributed by atoms with Crippen molar-refractivity contribution in [2.24, 2.45) is 0 Å². The van der Waals surface area contributed by atoms with E-state index >= 15 is 0 Å². The van der Waals surface area contributed by atoms with Crippen LogP contribution in [-0.2, 0) is 13.0 Å². The summed E-state index contributed by atoms with van der Waals surface area (Å²) in [4.78, 5) is 20.7. The summed E-state index contributed by atoms with van der Waals surface area (Å²) < 4.78 is 10.3. The van der Waals surface area contributed by atoms with E-state index in [0.717, 1.165) is 62.0 Å². The van der Waals surface area contributed by atoms with Gasteiger partial charge in [-0.15, -0.1) is 0 Å². The number of carbonyl (C=O) groups excluding carboxylic acids is 1. The molecule has 186 valence electrons. The number of aromatic nitrogens is 2. The quantitative estimate of drug-likeness (QED) is 0.372. The van der Waals surface area contributed by atoms with Crippen LogP contribution >= 0.6 is 23.5 Å². The third-order valence-corrected chi connectivity index (χ3v) is 6.98. The predicted molar refractivity (Wildman–Crippen MR) is 143 cm³/mol. The van der Waals surface area contributed by atoms with Crippen molar-refractivity contribution >= 4 is 34.5 Å². The normalized spacial score (nSPS) is 14.9. The van der Waals surface area contributed by atoms with Gasteiger partial charge in [-0.25, -0.2) is 9.29 Å². The number of imidazole rings is 1. The van der Waals surface area contributed by atoms with E-state index < -0.39 is 0 Å². The lowest BCUT2D eigenvalue weighted by Gasteiger charge is -2.36. The molecule has 0 bridgehead atoms. The summed E-state index contributed by atoms with van der Waals surface area (Å²) in [6.45, 7) is 3.84. The Morgan fingerprint density at radius 3 is 2.43 bits per heavy atom. The molecule has 0 saturated carbocycles. The number of nitrogens with zero attached hydrogens (tertiary/aromatic N) is 5. The van der Waals surface area contributed by atoms with Crippen LogP contribution in [0.4, 0.5) is 10.5 Å². The maximum Gasteiger partial charge on any atom is 0.296 e. The van der Waals surface area contributed by atoms with Crippen molar-refractivity contribution in [1.82, 2.24) is 18.8 Å². The lowest BCUT2D eigenvalue weighted by Crippen LogP contribution is -2.48. The summed E-state index contributed by atoms with van der Waals surface area (Å²) in [5.74, 6) is 0.853. The van der Waals surface area contributed by atoms with Gasteiger partial charge in [0.15, 0.2) is 0 Å². The molecule has 7 nitrogen and oxygen atoms in total. The third-order valence-electron chi connectivity index (χ3n) is 5.95. The van der Waals surface area contributed by atoms with E-state index in [4.69, 9.17) is 16.3 Å². The van der Waals surface area contributed by atoms with Gasteiger partial charge in [-0.3, -0.25) is 4.79 Å². The first-order chi connectivity index (χ1) is 17.0. The van der Waals surface area contributed by atoms with E-state index in [9.17, 15) is 4.79 Å². The zero-order chi connectivity index (χ0) is 24.6. The number of hydrogen-bond acceptors (Lipinski definition) is 6. The van der Waals surface area contributed by atoms with E-state index in [-0.39, 0.29) is 11.3 Å². The van der Waals surface area contributed by atoms with Crippen LogP contribution in [0.15, 0.2) is 67.3 Å². The molecule has 0 N–H and O–H groups in total. The Labute approximate surface area is 216 Å². The first kappa shape index (κ1) is 25.4. The maximum atomic E-state index is 12.3. The molecule has 1 aromatic heterocycles. The van der Waals surface area contributed by atoms with Gasteiger partial charge in [0.25, 0.3) is 5.24 Å². The van der Waals surface area contributed by atoms with Gasteiger partial charge in [-0.05, 0) is 68.9 Å². The highest BCUT2D eigenvalue weighted by atomic mass is 35.5. The maximum absolute atomic E-state index is 12.3. The highest BCUT2D eigenvalue weighted by Gasteiger charge is 2.22. The topological polar surface area (TPSA) is 53.8 Å². The minimum Gasteiger partial charge on any atom is -0.489 e. The van der Waals surface area contributed by atoms with E-state index in [1.54, 1.807) is 6.20 Å². The van der Waals surface area contributed by atoms with Gasteiger partial charge in [0.1, 0.15) is 11.9 Å². The molecule has 1 aliphatic heterocycles. The molecule has 0 spiro atoms. The van der Waals surface area contributed by atoms with E-state index in [1.165, 1.54) is 17.5 Å². The Balaban J connectivity index is 1.33. The van der Waals surface area contributed by atoms with E-state index in [0.29, 0.717) is 0 Å². The number of piperazine rings is 1. The Hall–Kier alpha value is -2.68. The summed E-state index contributed by atoms with van der Waals surface area (Å²) >= 11 is 7.27. The third kappa shape index (κ3) is 7.65. The molecule has 35 heavy (non-hydrogen) atoms. The minimum atomic E-state index is 0.00878. The molecule has 1 atom stereocenters. The number of aryl methyl sites for hydroxylation is 1. The zero-order valence-electron chi connectivity index (χ0n) is 20.2. The monoisotopic (exact) mass is 513 g/mol. The zero-order valence-corrected chi connectivity index (χ0v) is 21.8. The molecule has 0 radical (unpaired) electrons. The molecule has 1 saturated heterocycles. The van der Waals surface area contributed by atoms with Crippen molar-refractivity contribution in [3.05, 3.63) is 77.8 Å². The van der Waals surface area contributed by atoms with Crippen LogP contribution in [-0.4, -0.2) is 70.4 Å². The second-order valence-electron chi connectivity index (χ2n) is 8.80. The van der Waals surface area contributed by atoms with Crippen LogP contribution in [0.5, 0.6) is 5.75 Å². The summed E-state index contributed by atoms with van der Waals surface area (Å²) in [5.41, 5.74) is 2.39. The Kier molecular flexibility index (Phi) is 8.95. The number of carbonyl (C=O) groups is 1. The average Bonchev–Trinajstić information content (AvgIpc) is 3.37. The molecule has 2 heterocycles. The predicted octanol–water partition coefficient (Wildman–Crippen LogP) is 5.07. The Morgan fingerprint density at radius 1 is 1.09 bits per heavy atom. The summed E-state index contributed by atoms with van der Waals surface area (Å²) in [6.07, 6.45) is 7.37. The van der Waals surface area contributed by atoms with Crippen molar-refractivity contribution in [2.45, 2.75) is 25.5 Å². The number of amides is 1. The van der Waals surface area contributed by atoms with Crippen molar-refractivity contribution in [2.75, 3.05) is 45.2 Å². The largest absolute Gasteiger partial charge is 0.489 e. The molecule has 2 aromatic carbocycles. The number of halogens is 1. The standard InChI is InChI=1S/C26H32ClN5O2S/c1-29(2)35-26(33)32-17-15-31(16-18-32)23-8-11-24(12-9-23)34-25(19-30-14-13-28-20-30)10-5-21-3-6-22(27)7-4-21/h3-4,6-9,11-14,20,25H,5,10,15-19H2,1-2H3. The fraction of sp³-hybridized carbons (Fsp3) is 0.385. The molecule has 1 unspecified atom stereocenters. The lowest BCUT2D eigenvalue weighted by atomic mass is 10.1. The fourth-order valence-corrected chi connectivity index (χ4v) is 4.82. The molecular weight excluding hydrogens is 482 g/mol. The van der Waals surface area contributed by atoms with Gasteiger partial charge in [-0.2, -0.15) is 0 Å². The number of ether oxygens (including phenoxy) is 1. The molecule has 1 fully saturated rings. The van der Waals surface area contributed by atoms with Crippen LogP contribution in [0.3, 0.4) is 0 Å². The van der Waals surface area contributed by atoms with Gasteiger partial charge in [-0.1, -0.05) is 23.7 Å². The van der Waals surface area contributed by atoms with E-state index in [1.807, 2.05) is 60.1 Å². The molecule has 4 rings (SSSR count). The van der Waals surface area contributed by atoms with Gasteiger partial charge in [0.05, 0.1) is 12.9 Å². The molecule has 1 aliphatic rings. The average molecular weight is 514 g/mol. The highest BCUT2D eigenvalue weighted by Crippen LogP contribution is 2.24. The van der Waals surface area contributed by atoms with Crippen LogP contribution in [0.2, 0.25) is 5.02 Å². The highest BCUT2D eigenvalue weighted by molar-refractivity contribution is 8.11. The fourth-order valence-electron chi connectivity index (χ4n) is 4.09. The van der Waals surface area contributed by atoms with Gasteiger partial charge in [0.2, 0.25) is 0 Å². The van der Waals surface area contributed by atoms with Crippen molar-refractivity contribution in [1.29, 1.82) is 0 Å². The van der Waals surface area contributed by atoms with Crippen LogP contribution in [0.1, 0.15) is 12.0 Å². The van der Waals surface area contributed by atoms with Crippen LogP contribution in [0.25, 0.3) is 0 Å². The summed E-state index contributed by atoms with van der Waals surface area (Å²) in [7, 11) is 3.78. The van der Waals surface area contributed by atoms with Crippen LogP contribution < -0.4 is 9.64 Å². The smallest absolute Gasteiger partial charge is 0.296 e. The summed E-state index contributed by atoms with van der Waals surface area (Å²) in [6, 6.07) is 16.3. The SMILES string of the molecule is CN(C)SC(=O)N1CCN(c2ccc(OC(CCc3ccc(Cl)cc3)Cn3ccnc3)cc2)CC1. The number of hydrogen-bond donors (Lipinski definition) is 0. The van der Waals surface area contributed by atoms with Crippen molar-refractivity contribution in [3.8, 4) is 5.75 Å². The Morgan fingerprint density at radius 2 is 1.80 bits per heavy atom. The van der Waals surface area contributed by atoms with Gasteiger partial charge >= 0.3 is 0 Å². The Bertz CT molecular complexity index is 1050. The molecule has 9 heteroatoms. The second kappa shape index (κ2) is 12.3. The number of anilines is 1. The van der Waals surface area contributed by atoms with E-state index in [2.05, 4.69) is 38.7 Å². The van der Waals surface area contributed by atoms with Gasteiger partial charge in [0, 0.05) is 61.2 Å².